The van der Waals surface area contributed by atoms with Crippen LogP contribution in [0.15, 0.2) is 36.4 Å². The van der Waals surface area contributed by atoms with Gasteiger partial charge in [0.25, 0.3) is 0 Å². The van der Waals surface area contributed by atoms with Gasteiger partial charge < -0.3 is 24.8 Å². The summed E-state index contributed by atoms with van der Waals surface area (Å²) in [6.45, 7) is 15.5. The van der Waals surface area contributed by atoms with Crippen molar-refractivity contribution in [2.24, 2.45) is 5.92 Å². The van der Waals surface area contributed by atoms with Gasteiger partial charge in [-0.2, -0.15) is 33.9 Å². The summed E-state index contributed by atoms with van der Waals surface area (Å²) < 4.78 is 0. The molecule has 140 valence electrons. The SMILES string of the molecule is CC(C)Cc1cc2ccccc2[cH-]1.Cc1c(C)c(C)[c-](C)c1C.[Cl-].[Cl-].[Zr+4]. The van der Waals surface area contributed by atoms with Gasteiger partial charge in [-0.25, -0.2) is 0 Å². The molecule has 0 nitrogen and oxygen atoms in total. The minimum Gasteiger partial charge on any atom is -1.00 e. The molecule has 0 bridgehead atoms. The molecule has 3 aromatic carbocycles. The van der Waals surface area contributed by atoms with Crippen molar-refractivity contribution in [3.05, 3.63) is 69.8 Å². The Morgan fingerprint density at radius 1 is 0.923 bits per heavy atom. The molecule has 3 rings (SSSR count). The van der Waals surface area contributed by atoms with Crippen molar-refractivity contribution >= 4 is 10.8 Å². The van der Waals surface area contributed by atoms with Crippen LogP contribution >= 0.6 is 0 Å². The molecule has 0 amide bonds. The Morgan fingerprint density at radius 2 is 1.42 bits per heavy atom. The number of benzene rings is 1. The van der Waals surface area contributed by atoms with E-state index in [1.54, 1.807) is 0 Å². The summed E-state index contributed by atoms with van der Waals surface area (Å²) in [6.07, 6.45) is 1.19. The second-order valence-corrected chi connectivity index (χ2v) is 7.22. The Labute approximate surface area is 191 Å². The van der Waals surface area contributed by atoms with E-state index < -0.39 is 0 Å². The van der Waals surface area contributed by atoms with E-state index in [1.165, 1.54) is 50.6 Å². The molecular weight excluding hydrogens is 438 g/mol. The van der Waals surface area contributed by atoms with E-state index in [4.69, 9.17) is 0 Å². The van der Waals surface area contributed by atoms with Crippen LogP contribution in [-0.4, -0.2) is 0 Å². The molecule has 0 fully saturated rings. The summed E-state index contributed by atoms with van der Waals surface area (Å²) in [5.74, 6) is 0.747. The minimum atomic E-state index is 0. The van der Waals surface area contributed by atoms with Crippen LogP contribution < -0.4 is 24.8 Å². The van der Waals surface area contributed by atoms with Gasteiger partial charge in [-0.1, -0.05) is 54.5 Å². The van der Waals surface area contributed by atoms with Gasteiger partial charge in [-0.3, -0.25) is 0 Å². The van der Waals surface area contributed by atoms with Crippen LogP contribution in [-0.2, 0) is 32.6 Å². The predicted molar refractivity (Wildman–Crippen MR) is 104 cm³/mol. The normalized spacial score (nSPS) is 9.69. The van der Waals surface area contributed by atoms with Crippen LogP contribution in [0.25, 0.3) is 10.8 Å². The van der Waals surface area contributed by atoms with Crippen molar-refractivity contribution in [3.8, 4) is 0 Å². The smallest absolute Gasteiger partial charge is 1.00 e. The molecule has 0 radical (unpaired) electrons. The number of fused-ring (bicyclic) bond motifs is 1. The molecule has 3 aromatic rings. The maximum Gasteiger partial charge on any atom is 4.00 e. The molecule has 0 aliphatic heterocycles. The van der Waals surface area contributed by atoms with Crippen molar-refractivity contribution in [1.29, 1.82) is 0 Å². The zero-order chi connectivity index (χ0) is 17.1. The molecule has 0 saturated carbocycles. The molecule has 0 heterocycles. The van der Waals surface area contributed by atoms with Gasteiger partial charge >= 0.3 is 26.2 Å². The number of hydrogen-bond acceptors (Lipinski definition) is 0. The van der Waals surface area contributed by atoms with E-state index in [1.807, 2.05) is 0 Å². The number of rotatable bonds is 2. The summed E-state index contributed by atoms with van der Waals surface area (Å²) in [5.41, 5.74) is 8.81. The Hall–Kier alpha value is -0.357. The van der Waals surface area contributed by atoms with Gasteiger partial charge in [0.2, 0.25) is 0 Å². The molecule has 0 unspecified atom stereocenters. The van der Waals surface area contributed by atoms with E-state index in [2.05, 4.69) is 84.9 Å². The zero-order valence-corrected chi connectivity index (χ0v) is 21.0. The van der Waals surface area contributed by atoms with E-state index in [9.17, 15) is 0 Å². The van der Waals surface area contributed by atoms with E-state index in [-0.39, 0.29) is 51.0 Å². The van der Waals surface area contributed by atoms with Crippen LogP contribution in [0.2, 0.25) is 0 Å². The first-order chi connectivity index (χ1) is 10.8. The molecule has 0 spiro atoms. The van der Waals surface area contributed by atoms with Gasteiger partial charge in [0.1, 0.15) is 0 Å². The van der Waals surface area contributed by atoms with Crippen LogP contribution in [0, 0.1) is 40.5 Å². The molecule has 3 heteroatoms. The van der Waals surface area contributed by atoms with Crippen LogP contribution in [0.3, 0.4) is 0 Å². The molecule has 0 atom stereocenters. The van der Waals surface area contributed by atoms with Gasteiger partial charge in [-0.05, 0) is 12.3 Å². The fraction of sp³-hybridized carbons (Fsp3) is 0.391. The molecular formula is C23H30Cl2Zr. The second kappa shape index (κ2) is 12.2. The van der Waals surface area contributed by atoms with Gasteiger partial charge in [0.15, 0.2) is 0 Å². The molecule has 0 N–H and O–H groups in total. The average molecular weight is 469 g/mol. The number of hydrogen-bond donors (Lipinski definition) is 0. The van der Waals surface area contributed by atoms with Gasteiger partial charge in [0, 0.05) is 0 Å². The van der Waals surface area contributed by atoms with Crippen molar-refractivity contribution in [3.63, 3.8) is 0 Å². The third kappa shape index (κ3) is 6.67. The third-order valence-corrected chi connectivity index (χ3v) is 5.13. The summed E-state index contributed by atoms with van der Waals surface area (Å²) in [6, 6.07) is 13.2. The summed E-state index contributed by atoms with van der Waals surface area (Å²) in [5, 5.41) is 2.75. The third-order valence-electron chi connectivity index (χ3n) is 5.13. The summed E-state index contributed by atoms with van der Waals surface area (Å²) in [7, 11) is 0. The maximum atomic E-state index is 2.30. The largest absolute Gasteiger partial charge is 4.00 e. The van der Waals surface area contributed by atoms with Gasteiger partial charge in [0.05, 0.1) is 0 Å². The Kier molecular flexibility index (Phi) is 13.0. The first-order valence-corrected chi connectivity index (χ1v) is 8.65. The first kappa shape index (κ1) is 27.9. The predicted octanol–water partition coefficient (Wildman–Crippen LogP) is 0.710. The molecule has 26 heavy (non-hydrogen) atoms. The van der Waals surface area contributed by atoms with Crippen molar-refractivity contribution < 1.29 is 51.0 Å². The Bertz CT molecular complexity index is 681. The average Bonchev–Trinajstić information content (AvgIpc) is 2.98. The van der Waals surface area contributed by atoms with Crippen molar-refractivity contribution in [2.75, 3.05) is 0 Å². The second-order valence-electron chi connectivity index (χ2n) is 7.22. The Morgan fingerprint density at radius 3 is 1.81 bits per heavy atom. The summed E-state index contributed by atoms with van der Waals surface area (Å²) in [4.78, 5) is 0. The van der Waals surface area contributed by atoms with Crippen LogP contribution in [0.1, 0.15) is 47.2 Å². The fourth-order valence-corrected chi connectivity index (χ4v) is 3.21. The van der Waals surface area contributed by atoms with E-state index >= 15 is 0 Å². The zero-order valence-electron chi connectivity index (χ0n) is 17.0. The van der Waals surface area contributed by atoms with Crippen molar-refractivity contribution in [2.45, 2.75) is 54.9 Å². The molecule has 0 aliphatic rings. The van der Waals surface area contributed by atoms with E-state index in [0.29, 0.717) is 0 Å². The Balaban J connectivity index is 0. The van der Waals surface area contributed by atoms with Crippen LogP contribution in [0.4, 0.5) is 0 Å². The topological polar surface area (TPSA) is 0 Å². The standard InChI is InChI=1S/C13H15.C10H15.2ClH.Zr/c1-10(2)7-11-8-12-5-3-4-6-13(12)9-11;1-6-7(2)9(4)10(5)8(6)3;;;/h3-6,8-10H,7H2,1-2H3;1-5H3;2*1H;/q2*-1;;;+4/p-2. The van der Waals surface area contributed by atoms with E-state index in [0.717, 1.165) is 5.92 Å². The minimum absolute atomic E-state index is 0. The van der Waals surface area contributed by atoms with Crippen molar-refractivity contribution in [1.82, 2.24) is 0 Å². The quantitative estimate of drug-likeness (QED) is 0.486. The van der Waals surface area contributed by atoms with Gasteiger partial charge in [-0.15, -0.1) is 40.6 Å². The molecule has 0 aliphatic carbocycles. The van der Waals surface area contributed by atoms with Crippen LogP contribution in [0.5, 0.6) is 0 Å². The fourth-order valence-electron chi connectivity index (χ4n) is 3.21. The molecule has 0 aromatic heterocycles. The molecule has 0 saturated heterocycles. The maximum absolute atomic E-state index is 2.30. The first-order valence-electron chi connectivity index (χ1n) is 8.65. The number of halogens is 2. The monoisotopic (exact) mass is 466 g/mol. The summed E-state index contributed by atoms with van der Waals surface area (Å²) >= 11 is 0.